The number of hydrogen-bond donors (Lipinski definition) is 2. The summed E-state index contributed by atoms with van der Waals surface area (Å²) in [6.45, 7) is 3.87. The molecule has 1 fully saturated rings. The van der Waals surface area contributed by atoms with Crippen molar-refractivity contribution in [2.24, 2.45) is 0 Å². The molecule has 1 aliphatic heterocycles. The minimum Gasteiger partial charge on any atom is -0.467 e. The molecule has 1 aromatic heterocycles. The second kappa shape index (κ2) is 4.89. The molecule has 1 amide bonds. The molecule has 0 saturated carbocycles. The largest absolute Gasteiger partial charge is 0.467 e. The molecule has 5 nitrogen and oxygen atoms in total. The van der Waals surface area contributed by atoms with Gasteiger partial charge in [-0.2, -0.15) is 0 Å². The van der Waals surface area contributed by atoms with Crippen LogP contribution in [0.3, 0.4) is 0 Å². The molecule has 0 aromatic carbocycles. The molecule has 17 heavy (non-hydrogen) atoms. The summed E-state index contributed by atoms with van der Waals surface area (Å²) in [6.07, 6.45) is 2.32. The third-order valence-electron chi connectivity index (χ3n) is 3.10. The zero-order valence-corrected chi connectivity index (χ0v) is 9.98. The number of amides is 1. The SMILES string of the molecule is CCC1(O)CN(CC(=O)NCc2ccco2)C1. The number of aliphatic hydroxyl groups is 1. The molecule has 0 aliphatic carbocycles. The highest BCUT2D eigenvalue weighted by Crippen LogP contribution is 2.23. The van der Waals surface area contributed by atoms with E-state index in [1.165, 1.54) is 0 Å². The average Bonchev–Trinajstić information content (AvgIpc) is 2.77. The van der Waals surface area contributed by atoms with E-state index in [1.807, 2.05) is 17.9 Å². The fourth-order valence-corrected chi connectivity index (χ4v) is 1.98. The Labute approximate surface area is 100 Å². The van der Waals surface area contributed by atoms with Crippen LogP contribution in [-0.2, 0) is 11.3 Å². The van der Waals surface area contributed by atoms with Crippen LogP contribution in [0, 0.1) is 0 Å². The lowest BCUT2D eigenvalue weighted by Crippen LogP contribution is -2.62. The molecule has 0 bridgehead atoms. The van der Waals surface area contributed by atoms with Crippen LogP contribution in [0.25, 0.3) is 0 Å². The van der Waals surface area contributed by atoms with Gasteiger partial charge in [0.2, 0.25) is 5.91 Å². The van der Waals surface area contributed by atoms with Gasteiger partial charge in [-0.15, -0.1) is 0 Å². The summed E-state index contributed by atoms with van der Waals surface area (Å²) in [7, 11) is 0. The van der Waals surface area contributed by atoms with Crippen molar-refractivity contribution in [2.75, 3.05) is 19.6 Å². The Morgan fingerprint density at radius 1 is 1.65 bits per heavy atom. The fraction of sp³-hybridized carbons (Fsp3) is 0.583. The van der Waals surface area contributed by atoms with Crippen LogP contribution >= 0.6 is 0 Å². The maximum absolute atomic E-state index is 11.6. The predicted octanol–water partition coefficient (Wildman–Crippen LogP) is 0.352. The van der Waals surface area contributed by atoms with E-state index in [9.17, 15) is 9.90 Å². The summed E-state index contributed by atoms with van der Waals surface area (Å²) in [6, 6.07) is 3.61. The van der Waals surface area contributed by atoms with Gasteiger partial charge in [0, 0.05) is 13.1 Å². The van der Waals surface area contributed by atoms with Crippen LogP contribution < -0.4 is 5.32 Å². The number of furan rings is 1. The first-order valence-corrected chi connectivity index (χ1v) is 5.85. The Hall–Kier alpha value is -1.33. The van der Waals surface area contributed by atoms with Gasteiger partial charge in [0.25, 0.3) is 0 Å². The summed E-state index contributed by atoms with van der Waals surface area (Å²) in [5.74, 6) is 0.701. The van der Waals surface area contributed by atoms with Gasteiger partial charge >= 0.3 is 0 Å². The van der Waals surface area contributed by atoms with Gasteiger partial charge in [-0.1, -0.05) is 6.92 Å². The predicted molar refractivity (Wildman–Crippen MR) is 62.2 cm³/mol. The number of nitrogens with one attached hydrogen (secondary N) is 1. The van der Waals surface area contributed by atoms with Crippen molar-refractivity contribution in [3.63, 3.8) is 0 Å². The normalized spacial score (nSPS) is 18.7. The van der Waals surface area contributed by atoms with Gasteiger partial charge in [0.15, 0.2) is 0 Å². The number of β-amino-alcohol motifs (C(OH)–C–C–N with tert-alkyl or cyclic N) is 1. The van der Waals surface area contributed by atoms with E-state index in [2.05, 4.69) is 5.32 Å². The first-order chi connectivity index (χ1) is 8.11. The minimum absolute atomic E-state index is 0.0421. The van der Waals surface area contributed by atoms with E-state index in [0.29, 0.717) is 26.2 Å². The summed E-state index contributed by atoms with van der Waals surface area (Å²) in [5.41, 5.74) is -0.582. The van der Waals surface area contributed by atoms with Crippen molar-refractivity contribution in [2.45, 2.75) is 25.5 Å². The van der Waals surface area contributed by atoms with Gasteiger partial charge in [-0.05, 0) is 18.6 Å². The van der Waals surface area contributed by atoms with E-state index in [4.69, 9.17) is 4.42 Å². The van der Waals surface area contributed by atoms with Crippen LogP contribution in [0.15, 0.2) is 22.8 Å². The minimum atomic E-state index is -0.582. The topological polar surface area (TPSA) is 65.7 Å². The number of hydrogen-bond acceptors (Lipinski definition) is 4. The molecule has 1 aliphatic rings. The highest BCUT2D eigenvalue weighted by Gasteiger charge is 2.39. The zero-order valence-electron chi connectivity index (χ0n) is 9.98. The molecule has 0 atom stereocenters. The Kier molecular flexibility index (Phi) is 3.49. The van der Waals surface area contributed by atoms with Crippen LogP contribution in [0.1, 0.15) is 19.1 Å². The zero-order chi connectivity index (χ0) is 12.3. The second-order valence-corrected chi connectivity index (χ2v) is 4.58. The highest BCUT2D eigenvalue weighted by atomic mass is 16.3. The summed E-state index contributed by atoms with van der Waals surface area (Å²) < 4.78 is 5.11. The van der Waals surface area contributed by atoms with Crippen molar-refractivity contribution >= 4 is 5.91 Å². The van der Waals surface area contributed by atoms with Crippen LogP contribution in [0.4, 0.5) is 0 Å². The molecule has 2 heterocycles. The fourth-order valence-electron chi connectivity index (χ4n) is 1.98. The Morgan fingerprint density at radius 2 is 2.41 bits per heavy atom. The monoisotopic (exact) mass is 238 g/mol. The Morgan fingerprint density at radius 3 is 3.00 bits per heavy atom. The molecule has 1 aromatic rings. The molecule has 5 heteroatoms. The first-order valence-electron chi connectivity index (χ1n) is 5.85. The Bertz CT molecular complexity index is 369. The molecule has 1 saturated heterocycles. The van der Waals surface area contributed by atoms with Gasteiger partial charge in [-0.25, -0.2) is 0 Å². The van der Waals surface area contributed by atoms with Gasteiger partial charge in [0.05, 0.1) is 25.0 Å². The molecular weight excluding hydrogens is 220 g/mol. The van der Waals surface area contributed by atoms with Gasteiger partial charge < -0.3 is 14.8 Å². The lowest BCUT2D eigenvalue weighted by molar-refractivity contribution is -0.133. The molecule has 94 valence electrons. The highest BCUT2D eigenvalue weighted by molar-refractivity contribution is 5.78. The van der Waals surface area contributed by atoms with Gasteiger partial charge in [-0.3, -0.25) is 9.69 Å². The number of carbonyl (C=O) groups is 1. The second-order valence-electron chi connectivity index (χ2n) is 4.58. The molecule has 2 rings (SSSR count). The smallest absolute Gasteiger partial charge is 0.234 e. The van der Waals surface area contributed by atoms with Crippen LogP contribution in [0.2, 0.25) is 0 Å². The Balaban J connectivity index is 1.66. The lowest BCUT2D eigenvalue weighted by Gasteiger charge is -2.45. The maximum atomic E-state index is 11.6. The van der Waals surface area contributed by atoms with E-state index >= 15 is 0 Å². The molecule has 0 spiro atoms. The summed E-state index contributed by atoms with van der Waals surface area (Å²) >= 11 is 0. The molecule has 2 N–H and O–H groups in total. The van der Waals surface area contributed by atoms with Crippen molar-refractivity contribution in [1.82, 2.24) is 10.2 Å². The summed E-state index contributed by atoms with van der Waals surface area (Å²) in [5, 5.41) is 12.6. The standard InChI is InChI=1S/C12H18N2O3/c1-2-12(16)8-14(9-12)7-11(15)13-6-10-4-3-5-17-10/h3-5,16H,2,6-9H2,1H3,(H,13,15). The molecule has 0 unspecified atom stereocenters. The number of nitrogens with zero attached hydrogens (tertiary/aromatic N) is 1. The number of likely N-dealkylation sites (tertiary alicyclic amines) is 1. The quantitative estimate of drug-likeness (QED) is 0.777. The number of carbonyl (C=O) groups excluding carboxylic acids is 1. The summed E-state index contributed by atoms with van der Waals surface area (Å²) in [4.78, 5) is 13.5. The molecule has 0 radical (unpaired) electrons. The maximum Gasteiger partial charge on any atom is 0.234 e. The van der Waals surface area contributed by atoms with Gasteiger partial charge in [0.1, 0.15) is 5.76 Å². The van der Waals surface area contributed by atoms with E-state index < -0.39 is 5.60 Å². The third-order valence-corrected chi connectivity index (χ3v) is 3.10. The number of rotatable bonds is 5. The molecular formula is C12H18N2O3. The van der Waals surface area contributed by atoms with Crippen molar-refractivity contribution in [3.05, 3.63) is 24.2 Å². The van der Waals surface area contributed by atoms with Crippen LogP contribution in [0.5, 0.6) is 0 Å². The van der Waals surface area contributed by atoms with E-state index in [0.717, 1.165) is 12.2 Å². The lowest BCUT2D eigenvalue weighted by atomic mass is 9.91. The van der Waals surface area contributed by atoms with E-state index in [1.54, 1.807) is 12.3 Å². The van der Waals surface area contributed by atoms with E-state index in [-0.39, 0.29) is 5.91 Å². The van der Waals surface area contributed by atoms with Crippen molar-refractivity contribution in [1.29, 1.82) is 0 Å². The third kappa shape index (κ3) is 3.08. The average molecular weight is 238 g/mol. The van der Waals surface area contributed by atoms with Crippen molar-refractivity contribution < 1.29 is 14.3 Å². The first kappa shape index (κ1) is 12.1. The van der Waals surface area contributed by atoms with Crippen LogP contribution in [-0.4, -0.2) is 41.1 Å². The van der Waals surface area contributed by atoms with Crippen molar-refractivity contribution in [3.8, 4) is 0 Å².